The summed E-state index contributed by atoms with van der Waals surface area (Å²) in [6.07, 6.45) is 0.592. The summed E-state index contributed by atoms with van der Waals surface area (Å²) in [6.45, 7) is 5.66. The van der Waals surface area contributed by atoms with E-state index >= 15 is 0 Å². The number of hydrogen-bond acceptors (Lipinski definition) is 2. The minimum absolute atomic E-state index is 0.0387. The molecule has 0 aliphatic carbocycles. The number of aryl methyl sites for hydroxylation is 1. The second kappa shape index (κ2) is 4.93. The highest BCUT2D eigenvalue weighted by molar-refractivity contribution is 5.29. The molecule has 1 atom stereocenters. The number of hydrogen-bond donors (Lipinski definition) is 2. The van der Waals surface area contributed by atoms with Crippen LogP contribution in [-0.4, -0.2) is 17.3 Å². The number of benzene rings is 1. The van der Waals surface area contributed by atoms with Crippen LogP contribution in [0.15, 0.2) is 18.2 Å². The van der Waals surface area contributed by atoms with E-state index in [1.165, 1.54) is 6.07 Å². The van der Waals surface area contributed by atoms with Crippen molar-refractivity contribution >= 4 is 0 Å². The maximum Gasteiger partial charge on any atom is 0.126 e. The van der Waals surface area contributed by atoms with Crippen molar-refractivity contribution in [1.29, 1.82) is 0 Å². The van der Waals surface area contributed by atoms with Crippen LogP contribution in [0.2, 0.25) is 0 Å². The van der Waals surface area contributed by atoms with Crippen LogP contribution in [0.5, 0.6) is 0 Å². The fraction of sp³-hybridized carbons (Fsp3) is 0.538. The number of aliphatic hydroxyl groups excluding tert-OH is 1. The van der Waals surface area contributed by atoms with Crippen LogP contribution in [0.3, 0.4) is 0 Å². The predicted molar refractivity (Wildman–Crippen MR) is 63.8 cm³/mol. The van der Waals surface area contributed by atoms with E-state index in [1.54, 1.807) is 13.0 Å². The lowest BCUT2D eigenvalue weighted by Crippen LogP contribution is -2.39. The van der Waals surface area contributed by atoms with Crippen LogP contribution in [0.1, 0.15) is 37.3 Å². The number of rotatable bonds is 4. The second-order valence-electron chi connectivity index (χ2n) is 4.89. The van der Waals surface area contributed by atoms with Gasteiger partial charge in [-0.15, -0.1) is 0 Å². The number of halogens is 1. The Bertz CT molecular complexity index is 357. The van der Waals surface area contributed by atoms with Crippen LogP contribution >= 0.6 is 0 Å². The third-order valence-electron chi connectivity index (χ3n) is 2.90. The zero-order valence-corrected chi connectivity index (χ0v) is 10.1. The van der Waals surface area contributed by atoms with E-state index in [2.05, 4.69) is 0 Å². The third-order valence-corrected chi connectivity index (χ3v) is 2.90. The van der Waals surface area contributed by atoms with Gasteiger partial charge in [-0.2, -0.15) is 0 Å². The predicted octanol–water partition coefficient (Wildman–Crippen LogP) is 2.34. The maximum atomic E-state index is 13.2. The van der Waals surface area contributed by atoms with Crippen molar-refractivity contribution in [2.45, 2.75) is 38.6 Å². The highest BCUT2D eigenvalue weighted by Gasteiger charge is 2.26. The molecule has 0 bridgehead atoms. The Labute approximate surface area is 96.3 Å². The summed E-state index contributed by atoms with van der Waals surface area (Å²) in [5.41, 5.74) is 7.26. The average molecular weight is 225 g/mol. The first-order valence-corrected chi connectivity index (χ1v) is 5.52. The minimum atomic E-state index is -0.424. The zero-order chi connectivity index (χ0) is 12.3. The molecule has 0 amide bonds. The summed E-state index contributed by atoms with van der Waals surface area (Å²) in [6, 6.07) is 5.02. The summed E-state index contributed by atoms with van der Waals surface area (Å²) in [4.78, 5) is 0. The van der Waals surface area contributed by atoms with Gasteiger partial charge in [0.25, 0.3) is 0 Å². The lowest BCUT2D eigenvalue weighted by Gasteiger charge is -2.31. The van der Waals surface area contributed by atoms with Gasteiger partial charge in [0.15, 0.2) is 0 Å². The molecule has 0 saturated heterocycles. The second-order valence-corrected chi connectivity index (χ2v) is 4.89. The Morgan fingerprint density at radius 3 is 2.50 bits per heavy atom. The molecule has 1 aromatic carbocycles. The Balaban J connectivity index is 3.06. The molecule has 3 heteroatoms. The van der Waals surface area contributed by atoms with E-state index in [0.717, 1.165) is 5.56 Å². The van der Waals surface area contributed by atoms with Crippen LogP contribution in [-0.2, 0) is 0 Å². The molecule has 16 heavy (non-hydrogen) atoms. The Kier molecular flexibility index (Phi) is 4.05. The molecule has 1 rings (SSSR count). The molecule has 0 saturated carbocycles. The van der Waals surface area contributed by atoms with Gasteiger partial charge in [-0.05, 0) is 44.4 Å². The Morgan fingerprint density at radius 1 is 1.44 bits per heavy atom. The average Bonchev–Trinajstić information content (AvgIpc) is 2.17. The normalized spacial score (nSPS) is 13.9. The van der Waals surface area contributed by atoms with E-state index in [0.29, 0.717) is 12.0 Å². The summed E-state index contributed by atoms with van der Waals surface area (Å²) in [5.74, 6) is -0.168. The van der Waals surface area contributed by atoms with Crippen molar-refractivity contribution in [1.82, 2.24) is 0 Å². The van der Waals surface area contributed by atoms with Crippen molar-refractivity contribution in [2.24, 2.45) is 5.73 Å². The molecule has 0 heterocycles. The molecular formula is C13H20FNO. The van der Waals surface area contributed by atoms with Crippen LogP contribution in [0.25, 0.3) is 0 Å². The lowest BCUT2D eigenvalue weighted by atomic mass is 9.80. The first kappa shape index (κ1) is 13.1. The monoisotopic (exact) mass is 225 g/mol. The van der Waals surface area contributed by atoms with Crippen LogP contribution in [0.4, 0.5) is 4.39 Å². The molecule has 90 valence electrons. The van der Waals surface area contributed by atoms with Gasteiger partial charge in [0.05, 0.1) is 0 Å². The van der Waals surface area contributed by atoms with Crippen molar-refractivity contribution in [2.75, 3.05) is 6.61 Å². The molecular weight excluding hydrogens is 205 g/mol. The standard InChI is InChI=1S/C13H20FNO/c1-9-8-10(4-5-12(9)14)11(6-7-16)13(2,3)15/h4-5,8,11,16H,6-7,15H2,1-3H3. The summed E-state index contributed by atoms with van der Waals surface area (Å²) in [7, 11) is 0. The molecule has 0 fully saturated rings. The lowest BCUT2D eigenvalue weighted by molar-refractivity contribution is 0.250. The number of nitrogens with two attached hydrogens (primary N) is 1. The largest absolute Gasteiger partial charge is 0.396 e. The smallest absolute Gasteiger partial charge is 0.126 e. The summed E-state index contributed by atoms with van der Waals surface area (Å²) >= 11 is 0. The summed E-state index contributed by atoms with van der Waals surface area (Å²) < 4.78 is 13.2. The number of aliphatic hydroxyl groups is 1. The maximum absolute atomic E-state index is 13.2. The van der Waals surface area contributed by atoms with Gasteiger partial charge in [0, 0.05) is 18.1 Å². The molecule has 2 nitrogen and oxygen atoms in total. The Hall–Kier alpha value is -0.930. The minimum Gasteiger partial charge on any atom is -0.396 e. The molecule has 1 unspecified atom stereocenters. The Morgan fingerprint density at radius 2 is 2.06 bits per heavy atom. The zero-order valence-electron chi connectivity index (χ0n) is 10.1. The van der Waals surface area contributed by atoms with Gasteiger partial charge >= 0.3 is 0 Å². The molecule has 0 aromatic heterocycles. The van der Waals surface area contributed by atoms with Crippen LogP contribution < -0.4 is 5.73 Å². The first-order chi connectivity index (χ1) is 7.36. The van der Waals surface area contributed by atoms with Crippen LogP contribution in [0, 0.1) is 12.7 Å². The molecule has 3 N–H and O–H groups in total. The first-order valence-electron chi connectivity index (χ1n) is 5.52. The molecule has 0 aliphatic heterocycles. The van der Waals surface area contributed by atoms with E-state index in [1.807, 2.05) is 19.9 Å². The van der Waals surface area contributed by atoms with Gasteiger partial charge in [0.1, 0.15) is 5.82 Å². The highest BCUT2D eigenvalue weighted by Crippen LogP contribution is 2.30. The molecule has 0 spiro atoms. The molecule has 1 aromatic rings. The van der Waals surface area contributed by atoms with E-state index in [4.69, 9.17) is 10.8 Å². The fourth-order valence-electron chi connectivity index (χ4n) is 1.98. The van der Waals surface area contributed by atoms with Crippen molar-refractivity contribution < 1.29 is 9.50 Å². The van der Waals surface area contributed by atoms with Gasteiger partial charge < -0.3 is 10.8 Å². The van der Waals surface area contributed by atoms with Gasteiger partial charge in [-0.1, -0.05) is 12.1 Å². The quantitative estimate of drug-likeness (QED) is 0.826. The van der Waals surface area contributed by atoms with Crippen molar-refractivity contribution in [3.63, 3.8) is 0 Å². The van der Waals surface area contributed by atoms with E-state index in [-0.39, 0.29) is 18.3 Å². The summed E-state index contributed by atoms with van der Waals surface area (Å²) in [5, 5.41) is 9.06. The van der Waals surface area contributed by atoms with Crippen molar-refractivity contribution in [3.8, 4) is 0 Å². The fourth-order valence-corrected chi connectivity index (χ4v) is 1.98. The van der Waals surface area contributed by atoms with E-state index in [9.17, 15) is 4.39 Å². The van der Waals surface area contributed by atoms with Gasteiger partial charge in [-0.3, -0.25) is 0 Å². The third kappa shape index (κ3) is 3.03. The highest BCUT2D eigenvalue weighted by atomic mass is 19.1. The van der Waals surface area contributed by atoms with E-state index < -0.39 is 5.54 Å². The molecule has 0 radical (unpaired) electrons. The van der Waals surface area contributed by atoms with Gasteiger partial charge in [-0.25, -0.2) is 4.39 Å². The van der Waals surface area contributed by atoms with Gasteiger partial charge in [0.2, 0.25) is 0 Å². The van der Waals surface area contributed by atoms with Crippen molar-refractivity contribution in [3.05, 3.63) is 35.1 Å². The molecule has 0 aliphatic rings. The SMILES string of the molecule is Cc1cc(C(CCO)C(C)(C)N)ccc1F. The topological polar surface area (TPSA) is 46.2 Å².